The third-order valence-electron chi connectivity index (χ3n) is 6.15. The van der Waals surface area contributed by atoms with Gasteiger partial charge in [-0.2, -0.15) is 0 Å². The number of rotatable bonds is 18. The van der Waals surface area contributed by atoms with Crippen LogP contribution in [0.4, 0.5) is 0 Å². The first-order valence-corrected chi connectivity index (χ1v) is 15.1. The van der Waals surface area contributed by atoms with E-state index in [1.165, 1.54) is 52.7 Å². The predicted molar refractivity (Wildman–Crippen MR) is 178 cm³/mol. The molecule has 0 spiro atoms. The van der Waals surface area contributed by atoms with E-state index in [1.807, 2.05) is 27.7 Å². The minimum atomic E-state index is -0.559. The molecular weight excluding hydrogens is 632 g/mol. The van der Waals surface area contributed by atoms with Gasteiger partial charge in [-0.15, -0.1) is 0 Å². The predicted octanol–water partition coefficient (Wildman–Crippen LogP) is -4.28. The van der Waals surface area contributed by atoms with Gasteiger partial charge < -0.3 is 51.1 Å². The second-order valence-corrected chi connectivity index (χ2v) is 10.8. The molecule has 0 saturated heterocycles. The van der Waals surface area contributed by atoms with Crippen molar-refractivity contribution in [1.29, 1.82) is 0 Å². The Morgan fingerprint density at radius 1 is 0.583 bits per heavy atom. The van der Waals surface area contributed by atoms with Gasteiger partial charge in [-0.3, -0.25) is 43.2 Å². The molecule has 0 atom stereocenters. The van der Waals surface area contributed by atoms with Crippen LogP contribution in [-0.4, -0.2) is 191 Å². The van der Waals surface area contributed by atoms with Gasteiger partial charge in [-0.1, -0.05) is 13.8 Å². The fourth-order valence-electron chi connectivity index (χ4n) is 3.02. The highest BCUT2D eigenvalue weighted by atomic mass is 16.2. The van der Waals surface area contributed by atoms with E-state index in [0.717, 1.165) is 4.90 Å². The van der Waals surface area contributed by atoms with Crippen LogP contribution in [-0.2, 0) is 43.2 Å². The van der Waals surface area contributed by atoms with E-state index in [1.54, 1.807) is 14.1 Å². The van der Waals surface area contributed by atoms with Crippen LogP contribution in [0.25, 0.3) is 0 Å². The van der Waals surface area contributed by atoms with Crippen molar-refractivity contribution in [2.75, 3.05) is 101 Å². The van der Waals surface area contributed by atoms with Gasteiger partial charge in [-0.25, -0.2) is 0 Å². The summed E-state index contributed by atoms with van der Waals surface area (Å²) in [5.41, 5.74) is 4.17. The Bertz CT molecular complexity index is 1060. The number of carbonyl (C=O) groups is 9. The second-order valence-electron chi connectivity index (χ2n) is 10.8. The van der Waals surface area contributed by atoms with Gasteiger partial charge >= 0.3 is 0 Å². The molecule has 19 nitrogen and oxygen atoms in total. The zero-order valence-electron chi connectivity index (χ0n) is 30.0. The molecule has 0 fully saturated rings. The Balaban J connectivity index is -0.00000130. The Labute approximate surface area is 283 Å². The fraction of sp³-hybridized carbons (Fsp3) is 0.690. The van der Waals surface area contributed by atoms with E-state index in [-0.39, 0.29) is 76.0 Å². The smallest absolute Gasteiger partial charge is 0.242 e. The lowest BCUT2D eigenvalue weighted by atomic mass is 10.3. The topological polar surface area (TPSA) is 235 Å². The Morgan fingerprint density at radius 2 is 0.958 bits per heavy atom. The zero-order chi connectivity index (χ0) is 38.0. The molecule has 0 aromatic heterocycles. The number of nitrogens with one attached hydrogen (secondary N) is 3. The number of likely N-dealkylation sites (N-methyl/N-ethyl adjacent to an activating group) is 7. The van der Waals surface area contributed by atoms with Crippen LogP contribution in [0, 0.1) is 0 Å². The summed E-state index contributed by atoms with van der Waals surface area (Å²) in [5, 5.41) is 7.97. The third kappa shape index (κ3) is 24.4. The average Bonchev–Trinajstić information content (AvgIpc) is 3.02. The van der Waals surface area contributed by atoms with Crippen molar-refractivity contribution in [3.8, 4) is 0 Å². The summed E-state index contributed by atoms with van der Waals surface area (Å²) in [5.74, 6) is -2.51. The zero-order valence-corrected chi connectivity index (χ0v) is 30.0. The molecule has 19 heteroatoms. The Morgan fingerprint density at radius 3 is 1.35 bits per heavy atom. The molecule has 48 heavy (non-hydrogen) atoms. The average molecular weight is 689 g/mol. The van der Waals surface area contributed by atoms with Crippen molar-refractivity contribution in [1.82, 2.24) is 45.3 Å². The van der Waals surface area contributed by atoms with E-state index in [9.17, 15) is 38.4 Å². The highest BCUT2D eigenvalue weighted by Crippen LogP contribution is 1.95. The van der Waals surface area contributed by atoms with Crippen LogP contribution < -0.4 is 21.7 Å². The summed E-state index contributed by atoms with van der Waals surface area (Å²) in [4.78, 5) is 110. The quantitative estimate of drug-likeness (QED) is 0.101. The molecule has 0 aromatic rings. The molecule has 276 valence electrons. The molecule has 0 bridgehead atoms. The van der Waals surface area contributed by atoms with Gasteiger partial charge in [0.25, 0.3) is 0 Å². The molecule has 9 amide bonds. The number of hydrogen-bond donors (Lipinski definition) is 4. The van der Waals surface area contributed by atoms with Crippen LogP contribution in [0.5, 0.6) is 0 Å². The van der Waals surface area contributed by atoms with Gasteiger partial charge in [0.2, 0.25) is 54.2 Å². The minimum absolute atomic E-state index is 0.104. The molecule has 0 aliphatic carbocycles. The number of nitrogens with zero attached hydrogens (tertiary/aromatic N) is 6. The minimum Gasteiger partial charge on any atom is -0.372 e. The van der Waals surface area contributed by atoms with Crippen molar-refractivity contribution in [3.05, 3.63) is 0 Å². The Hall–Kier alpha value is -4.81. The lowest BCUT2D eigenvalue weighted by molar-refractivity contribution is -0.142. The van der Waals surface area contributed by atoms with Gasteiger partial charge in [-0.05, 0) is 13.8 Å². The van der Waals surface area contributed by atoms with E-state index in [4.69, 9.17) is 4.79 Å². The monoisotopic (exact) mass is 688 g/mol. The van der Waals surface area contributed by atoms with Crippen LogP contribution in [0.1, 0.15) is 27.7 Å². The molecular formula is C29H56N10O9. The number of nitrogens with two attached hydrogens (primary N) is 1. The number of amides is 9. The summed E-state index contributed by atoms with van der Waals surface area (Å²) >= 11 is 0. The summed E-state index contributed by atoms with van der Waals surface area (Å²) in [6.45, 7) is 7.63. The molecule has 0 rings (SSSR count). The maximum atomic E-state index is 12.4. The maximum Gasteiger partial charge on any atom is 0.242 e. The summed E-state index contributed by atoms with van der Waals surface area (Å²) in [6, 6.07) is 0.132. The second kappa shape index (κ2) is 27.3. The van der Waals surface area contributed by atoms with Gasteiger partial charge in [0.15, 0.2) is 0 Å². The number of carbonyl (C=O) groups excluding carboxylic acids is 9. The molecule has 0 radical (unpaired) electrons. The maximum absolute atomic E-state index is 12.4. The standard InChI is InChI=1S/C22H41N7O6.C6H12N2O2.CH3NO/c1-9-25(4)20(33)13-27(6)19(32)11-24-17(30)12-26(5)21(34)15-29(8)22(35)14-28(7)18(31)10-23-16(2)3;1-3-7-6(10)4-8(2)5-9;2-1-3/h16,23H,9-15H2,1-8H3,(H,24,30);5H,3-4H2,1-2H3,(H,7,10);1H,(H2,2,3). The highest BCUT2D eigenvalue weighted by molar-refractivity contribution is 5.91. The molecule has 0 saturated carbocycles. The van der Waals surface area contributed by atoms with Crippen molar-refractivity contribution in [2.24, 2.45) is 5.73 Å². The molecule has 0 aliphatic heterocycles. The fourth-order valence-corrected chi connectivity index (χ4v) is 3.02. The van der Waals surface area contributed by atoms with Crippen molar-refractivity contribution in [2.45, 2.75) is 33.7 Å². The third-order valence-corrected chi connectivity index (χ3v) is 6.15. The molecule has 0 aliphatic rings. The van der Waals surface area contributed by atoms with E-state index in [0.29, 0.717) is 19.5 Å². The molecule has 5 N–H and O–H groups in total. The van der Waals surface area contributed by atoms with Crippen molar-refractivity contribution >= 4 is 54.2 Å². The number of hydrogen-bond acceptors (Lipinski definition) is 10. The van der Waals surface area contributed by atoms with E-state index < -0.39 is 23.6 Å². The van der Waals surface area contributed by atoms with Crippen LogP contribution in [0.15, 0.2) is 0 Å². The molecule has 0 unspecified atom stereocenters. The van der Waals surface area contributed by atoms with E-state index >= 15 is 0 Å². The first-order chi connectivity index (χ1) is 22.3. The first-order valence-electron chi connectivity index (χ1n) is 15.1. The lowest BCUT2D eigenvalue weighted by Crippen LogP contribution is -2.48. The number of primary amides is 1. The molecule has 0 aromatic carbocycles. The SMILES string of the molecule is CCN(C)C(=O)CN(C)C(=O)CNC(=O)CN(C)C(=O)CN(C)C(=O)CN(C)C(=O)CNC(C)C.CCNC(=O)CN(C)C=O.NC=O. The van der Waals surface area contributed by atoms with Gasteiger partial charge in [0.05, 0.1) is 45.8 Å². The van der Waals surface area contributed by atoms with Crippen LogP contribution >= 0.6 is 0 Å². The summed E-state index contributed by atoms with van der Waals surface area (Å²) < 4.78 is 0. The normalized spacial score (nSPS) is 9.65. The molecule has 0 heterocycles. The van der Waals surface area contributed by atoms with Crippen molar-refractivity contribution in [3.63, 3.8) is 0 Å². The Kier molecular flexibility index (Phi) is 27.1. The summed E-state index contributed by atoms with van der Waals surface area (Å²) in [7, 11) is 8.99. The van der Waals surface area contributed by atoms with Crippen LogP contribution in [0.3, 0.4) is 0 Å². The van der Waals surface area contributed by atoms with E-state index in [2.05, 4.69) is 21.7 Å². The largest absolute Gasteiger partial charge is 0.372 e. The highest BCUT2D eigenvalue weighted by Gasteiger charge is 2.21. The van der Waals surface area contributed by atoms with Gasteiger partial charge in [0, 0.05) is 61.4 Å². The van der Waals surface area contributed by atoms with Crippen LogP contribution in [0.2, 0.25) is 0 Å². The summed E-state index contributed by atoms with van der Waals surface area (Å²) in [6.07, 6.45) is 0.870. The van der Waals surface area contributed by atoms with Crippen molar-refractivity contribution < 1.29 is 43.2 Å². The first kappa shape index (κ1) is 47.6. The van der Waals surface area contributed by atoms with Gasteiger partial charge in [0.1, 0.15) is 0 Å². The lowest BCUT2D eigenvalue weighted by Gasteiger charge is -2.24.